The van der Waals surface area contributed by atoms with Crippen LogP contribution in [0.4, 0.5) is 5.69 Å². The van der Waals surface area contributed by atoms with Gasteiger partial charge in [0.15, 0.2) is 0 Å². The maximum Gasteiger partial charge on any atom is 0.0383 e. The molecule has 0 spiro atoms. The van der Waals surface area contributed by atoms with E-state index < -0.39 is 0 Å². The fourth-order valence-electron chi connectivity index (χ4n) is 1.47. The van der Waals surface area contributed by atoms with Crippen molar-refractivity contribution in [1.29, 1.82) is 0 Å². The smallest absolute Gasteiger partial charge is 0.0383 e. The number of anilines is 1. The summed E-state index contributed by atoms with van der Waals surface area (Å²) in [5, 5.41) is 3.40. The van der Waals surface area contributed by atoms with Gasteiger partial charge < -0.3 is 5.32 Å². The second-order valence-electron chi connectivity index (χ2n) is 2.80. The number of hydrogen-bond acceptors (Lipinski definition) is 1. The van der Waals surface area contributed by atoms with Gasteiger partial charge in [0.1, 0.15) is 0 Å². The Balaban J connectivity index is 0.000000720. The minimum Gasteiger partial charge on any atom is -0.385 e. The van der Waals surface area contributed by atoms with Gasteiger partial charge in [-0.25, -0.2) is 0 Å². The third kappa shape index (κ3) is 1.85. The Bertz CT molecular complexity index is 275. The van der Waals surface area contributed by atoms with Gasteiger partial charge in [-0.05, 0) is 53.1 Å². The second-order valence-corrected chi connectivity index (χ2v) is 3.96. The SMILES string of the molecule is Cl.Ic1cccc2c1CCCN2. The predicted molar refractivity (Wildman–Crippen MR) is 63.2 cm³/mol. The van der Waals surface area contributed by atoms with Crippen LogP contribution < -0.4 is 5.32 Å². The zero-order valence-electron chi connectivity index (χ0n) is 6.64. The van der Waals surface area contributed by atoms with E-state index in [0.717, 1.165) is 6.54 Å². The van der Waals surface area contributed by atoms with Crippen LogP contribution in [0.3, 0.4) is 0 Å². The Hall–Kier alpha value is 0.0400. The molecule has 1 heterocycles. The highest BCUT2D eigenvalue weighted by Gasteiger charge is 2.09. The predicted octanol–water partition coefficient (Wildman–Crippen LogP) is 3.07. The van der Waals surface area contributed by atoms with Crippen molar-refractivity contribution in [3.8, 4) is 0 Å². The van der Waals surface area contributed by atoms with Crippen LogP contribution in [-0.4, -0.2) is 6.54 Å². The molecule has 0 bridgehead atoms. The van der Waals surface area contributed by atoms with Crippen molar-refractivity contribution in [3.05, 3.63) is 27.3 Å². The summed E-state index contributed by atoms with van der Waals surface area (Å²) in [5.41, 5.74) is 2.84. The molecule has 1 aromatic carbocycles. The molecule has 66 valence electrons. The highest BCUT2D eigenvalue weighted by Crippen LogP contribution is 2.25. The summed E-state index contributed by atoms with van der Waals surface area (Å²) in [5.74, 6) is 0. The van der Waals surface area contributed by atoms with Gasteiger partial charge in [0.2, 0.25) is 0 Å². The lowest BCUT2D eigenvalue weighted by Crippen LogP contribution is -2.12. The largest absolute Gasteiger partial charge is 0.385 e. The van der Waals surface area contributed by atoms with Gasteiger partial charge >= 0.3 is 0 Å². The number of benzene rings is 1. The molecule has 0 atom stereocenters. The highest BCUT2D eigenvalue weighted by molar-refractivity contribution is 14.1. The lowest BCUT2D eigenvalue weighted by atomic mass is 10.0. The maximum absolute atomic E-state index is 3.40. The first-order chi connectivity index (χ1) is 5.38. The molecule has 0 saturated heterocycles. The fraction of sp³-hybridized carbons (Fsp3) is 0.333. The van der Waals surface area contributed by atoms with E-state index in [1.165, 1.54) is 27.7 Å². The van der Waals surface area contributed by atoms with Gasteiger partial charge in [-0.15, -0.1) is 12.4 Å². The molecule has 1 N–H and O–H groups in total. The molecule has 0 amide bonds. The molecule has 0 radical (unpaired) electrons. The average molecular weight is 296 g/mol. The molecule has 0 aromatic heterocycles. The molecule has 2 rings (SSSR count). The first-order valence-electron chi connectivity index (χ1n) is 3.89. The quantitative estimate of drug-likeness (QED) is 0.725. The van der Waals surface area contributed by atoms with Crippen molar-refractivity contribution in [1.82, 2.24) is 0 Å². The van der Waals surface area contributed by atoms with Crippen molar-refractivity contribution < 1.29 is 0 Å². The van der Waals surface area contributed by atoms with Crippen molar-refractivity contribution in [2.24, 2.45) is 0 Å². The van der Waals surface area contributed by atoms with Crippen LogP contribution in [0, 0.1) is 3.57 Å². The number of nitrogens with one attached hydrogen (secondary N) is 1. The van der Waals surface area contributed by atoms with Gasteiger partial charge in [-0.1, -0.05) is 6.07 Å². The van der Waals surface area contributed by atoms with E-state index in [1.807, 2.05) is 0 Å². The van der Waals surface area contributed by atoms with Crippen LogP contribution in [0.5, 0.6) is 0 Å². The maximum atomic E-state index is 3.40. The molecule has 1 nitrogen and oxygen atoms in total. The fourth-order valence-corrected chi connectivity index (χ4v) is 2.23. The monoisotopic (exact) mass is 295 g/mol. The molecular weight excluding hydrogens is 284 g/mol. The van der Waals surface area contributed by atoms with Crippen molar-refractivity contribution >= 4 is 40.7 Å². The molecule has 1 aliphatic rings. The highest BCUT2D eigenvalue weighted by atomic mass is 127. The Morgan fingerprint density at radius 2 is 2.17 bits per heavy atom. The van der Waals surface area contributed by atoms with Crippen molar-refractivity contribution in [3.63, 3.8) is 0 Å². The third-order valence-corrected chi connectivity index (χ3v) is 3.05. The molecule has 1 aromatic rings. The standard InChI is InChI=1S/C9H10IN.ClH/c10-8-4-1-5-9-7(8)3-2-6-11-9;/h1,4-5,11H,2-3,6H2;1H. The topological polar surface area (TPSA) is 12.0 Å². The van der Waals surface area contributed by atoms with E-state index in [9.17, 15) is 0 Å². The van der Waals surface area contributed by atoms with Crippen molar-refractivity contribution in [2.45, 2.75) is 12.8 Å². The van der Waals surface area contributed by atoms with E-state index in [-0.39, 0.29) is 12.4 Å². The summed E-state index contributed by atoms with van der Waals surface area (Å²) in [4.78, 5) is 0. The molecule has 3 heteroatoms. The minimum atomic E-state index is 0. The molecule has 0 fully saturated rings. The normalized spacial score (nSPS) is 14.1. The first-order valence-corrected chi connectivity index (χ1v) is 4.97. The van der Waals surface area contributed by atoms with Crippen molar-refractivity contribution in [2.75, 3.05) is 11.9 Å². The summed E-state index contributed by atoms with van der Waals surface area (Å²) < 4.78 is 1.40. The van der Waals surface area contributed by atoms with Crippen LogP contribution in [0.15, 0.2) is 18.2 Å². The van der Waals surface area contributed by atoms with Gasteiger partial charge in [-0.2, -0.15) is 0 Å². The zero-order valence-corrected chi connectivity index (χ0v) is 9.61. The summed E-state index contributed by atoms with van der Waals surface area (Å²) in [6.45, 7) is 1.13. The van der Waals surface area contributed by atoms with Crippen LogP contribution in [0.1, 0.15) is 12.0 Å². The summed E-state index contributed by atoms with van der Waals surface area (Å²) in [7, 11) is 0. The van der Waals surface area contributed by atoms with Gasteiger partial charge in [0.05, 0.1) is 0 Å². The Morgan fingerprint density at radius 1 is 1.33 bits per heavy atom. The van der Waals surface area contributed by atoms with E-state index in [1.54, 1.807) is 0 Å². The average Bonchev–Trinajstić information content (AvgIpc) is 2.06. The zero-order chi connectivity index (χ0) is 7.68. The Morgan fingerprint density at radius 3 is 2.92 bits per heavy atom. The lowest BCUT2D eigenvalue weighted by molar-refractivity contribution is 0.826. The third-order valence-electron chi connectivity index (χ3n) is 2.04. The lowest BCUT2D eigenvalue weighted by Gasteiger charge is -2.18. The van der Waals surface area contributed by atoms with Gasteiger partial charge in [0, 0.05) is 15.8 Å². The van der Waals surface area contributed by atoms with Crippen LogP contribution in [0.25, 0.3) is 0 Å². The summed E-state index contributed by atoms with van der Waals surface area (Å²) in [6, 6.07) is 6.45. The van der Waals surface area contributed by atoms with E-state index in [4.69, 9.17) is 0 Å². The van der Waals surface area contributed by atoms with Gasteiger partial charge in [-0.3, -0.25) is 0 Å². The second kappa shape index (κ2) is 4.33. The van der Waals surface area contributed by atoms with E-state index in [0.29, 0.717) is 0 Å². The molecule has 0 aliphatic carbocycles. The van der Waals surface area contributed by atoms with E-state index in [2.05, 4.69) is 46.1 Å². The Labute approximate surface area is 92.5 Å². The summed E-state index contributed by atoms with van der Waals surface area (Å²) >= 11 is 2.40. The minimum absolute atomic E-state index is 0. The van der Waals surface area contributed by atoms with E-state index >= 15 is 0 Å². The number of hydrogen-bond donors (Lipinski definition) is 1. The van der Waals surface area contributed by atoms with Crippen LogP contribution >= 0.6 is 35.0 Å². The molecule has 1 aliphatic heterocycles. The number of fused-ring (bicyclic) bond motifs is 1. The number of rotatable bonds is 0. The number of halogens is 2. The molecular formula is C9H11ClIN. The Kier molecular flexibility index (Phi) is 3.65. The molecule has 12 heavy (non-hydrogen) atoms. The van der Waals surface area contributed by atoms with Gasteiger partial charge in [0.25, 0.3) is 0 Å². The van der Waals surface area contributed by atoms with Crippen LogP contribution in [-0.2, 0) is 6.42 Å². The molecule has 0 saturated carbocycles. The first kappa shape index (κ1) is 10.1. The van der Waals surface area contributed by atoms with Crippen LogP contribution in [0.2, 0.25) is 0 Å². The molecule has 0 unspecified atom stereocenters. The summed E-state index contributed by atoms with van der Waals surface area (Å²) in [6.07, 6.45) is 2.51.